The summed E-state index contributed by atoms with van der Waals surface area (Å²) in [6, 6.07) is 1.77. The minimum Gasteiger partial charge on any atom is -0.462 e. The van der Waals surface area contributed by atoms with E-state index in [-0.39, 0.29) is 18.7 Å². The third-order valence-corrected chi connectivity index (χ3v) is 4.56. The van der Waals surface area contributed by atoms with E-state index in [0.717, 1.165) is 5.69 Å². The van der Waals surface area contributed by atoms with Crippen LogP contribution < -0.4 is 5.56 Å². The maximum absolute atomic E-state index is 12.7. The van der Waals surface area contributed by atoms with Crippen LogP contribution in [0.2, 0.25) is 0 Å². The number of aromatic nitrogens is 3. The molecular weight excluding hydrogens is 318 g/mol. The number of fused-ring (bicyclic) bond motifs is 1. The van der Waals surface area contributed by atoms with Crippen molar-refractivity contribution in [1.29, 1.82) is 0 Å². The Morgan fingerprint density at radius 1 is 1.43 bits per heavy atom. The highest BCUT2D eigenvalue weighted by Crippen LogP contribution is 2.27. The Hall–Kier alpha value is -2.48. The number of hydrogen-bond acceptors (Lipinski definition) is 7. The van der Waals surface area contributed by atoms with Crippen molar-refractivity contribution >= 4 is 27.5 Å². The Kier molecular flexibility index (Phi) is 3.99. The molecule has 3 heterocycles. The number of hydrogen-bond donors (Lipinski definition) is 0. The summed E-state index contributed by atoms with van der Waals surface area (Å²) in [5.74, 6) is 0.147. The highest BCUT2D eigenvalue weighted by molar-refractivity contribution is 7.20. The first kappa shape index (κ1) is 15.4. The van der Waals surface area contributed by atoms with E-state index in [0.29, 0.717) is 26.4 Å². The van der Waals surface area contributed by atoms with Crippen molar-refractivity contribution in [3.8, 4) is 0 Å². The van der Waals surface area contributed by atoms with Crippen LogP contribution in [0.5, 0.6) is 0 Å². The lowest BCUT2D eigenvalue weighted by atomic mass is 10.2. The van der Waals surface area contributed by atoms with E-state index < -0.39 is 5.97 Å². The van der Waals surface area contributed by atoms with E-state index in [2.05, 4.69) is 10.1 Å². The van der Waals surface area contributed by atoms with Gasteiger partial charge in [0.25, 0.3) is 5.56 Å². The van der Waals surface area contributed by atoms with E-state index >= 15 is 0 Å². The quantitative estimate of drug-likeness (QED) is 0.681. The Balaban J connectivity index is 2.06. The van der Waals surface area contributed by atoms with Crippen molar-refractivity contribution in [2.24, 2.45) is 0 Å². The van der Waals surface area contributed by atoms with Crippen molar-refractivity contribution in [3.63, 3.8) is 0 Å². The molecular formula is C15H15N3O4S. The lowest BCUT2D eigenvalue weighted by molar-refractivity contribution is 0.0531. The molecule has 0 radical (unpaired) electrons. The summed E-state index contributed by atoms with van der Waals surface area (Å²) in [4.78, 5) is 29.8. The van der Waals surface area contributed by atoms with Gasteiger partial charge in [0.15, 0.2) is 5.76 Å². The molecule has 0 aliphatic heterocycles. The van der Waals surface area contributed by atoms with Crippen LogP contribution in [-0.4, -0.2) is 27.3 Å². The van der Waals surface area contributed by atoms with Crippen LogP contribution in [0.15, 0.2) is 21.7 Å². The fourth-order valence-electron chi connectivity index (χ4n) is 2.32. The molecule has 120 valence electrons. The average molecular weight is 333 g/mol. The minimum absolute atomic E-state index is 0.214. The molecule has 3 aromatic rings. The molecule has 8 heteroatoms. The van der Waals surface area contributed by atoms with Crippen molar-refractivity contribution in [2.75, 3.05) is 6.61 Å². The number of aryl methyl sites for hydroxylation is 2. The fraction of sp³-hybridized carbons (Fsp3) is 0.333. The van der Waals surface area contributed by atoms with Gasteiger partial charge in [0.2, 0.25) is 0 Å². The van der Waals surface area contributed by atoms with Gasteiger partial charge in [-0.25, -0.2) is 9.78 Å². The molecule has 3 rings (SSSR count). The zero-order valence-electron chi connectivity index (χ0n) is 13.0. The molecule has 0 bridgehead atoms. The maximum Gasteiger partial charge on any atom is 0.348 e. The molecule has 0 amide bonds. The van der Waals surface area contributed by atoms with Crippen LogP contribution in [0.3, 0.4) is 0 Å². The standard InChI is InChI=1S/C15H15N3O4S/c1-4-21-15(20)12-9(3)11-13(23-12)16-7-18(14(11)19)6-10-5-8(2)17-22-10/h5,7H,4,6H2,1-3H3. The molecule has 0 atom stereocenters. The predicted molar refractivity (Wildman–Crippen MR) is 84.9 cm³/mol. The lowest BCUT2D eigenvalue weighted by Crippen LogP contribution is -2.21. The van der Waals surface area contributed by atoms with Gasteiger partial charge in [-0.1, -0.05) is 5.16 Å². The Bertz CT molecular complexity index is 938. The molecule has 0 spiro atoms. The van der Waals surface area contributed by atoms with Gasteiger partial charge in [-0.05, 0) is 26.3 Å². The third kappa shape index (κ3) is 2.77. The van der Waals surface area contributed by atoms with Crippen molar-refractivity contribution in [3.05, 3.63) is 44.6 Å². The van der Waals surface area contributed by atoms with Crippen LogP contribution in [-0.2, 0) is 11.3 Å². The molecule has 3 aromatic heterocycles. The van der Waals surface area contributed by atoms with Gasteiger partial charge in [-0.2, -0.15) is 0 Å². The summed E-state index contributed by atoms with van der Waals surface area (Å²) in [6.45, 7) is 5.82. The van der Waals surface area contributed by atoms with Crippen LogP contribution in [0, 0.1) is 13.8 Å². The fourth-order valence-corrected chi connectivity index (χ4v) is 3.35. The monoisotopic (exact) mass is 333 g/mol. The summed E-state index contributed by atoms with van der Waals surface area (Å²) in [7, 11) is 0. The molecule has 0 aromatic carbocycles. The first-order chi connectivity index (χ1) is 11.0. The summed E-state index contributed by atoms with van der Waals surface area (Å²) >= 11 is 1.17. The van der Waals surface area contributed by atoms with E-state index in [1.807, 2.05) is 6.92 Å². The van der Waals surface area contributed by atoms with Crippen molar-refractivity contribution < 1.29 is 14.1 Å². The molecule has 23 heavy (non-hydrogen) atoms. The highest BCUT2D eigenvalue weighted by Gasteiger charge is 2.20. The number of ether oxygens (including phenoxy) is 1. The van der Waals surface area contributed by atoms with Gasteiger partial charge in [-0.3, -0.25) is 9.36 Å². The number of rotatable bonds is 4. The van der Waals surface area contributed by atoms with Gasteiger partial charge in [0.1, 0.15) is 9.71 Å². The van der Waals surface area contributed by atoms with E-state index in [4.69, 9.17) is 9.26 Å². The first-order valence-electron chi connectivity index (χ1n) is 7.09. The number of esters is 1. The summed E-state index contributed by atoms with van der Waals surface area (Å²) in [6.07, 6.45) is 1.45. The van der Waals surface area contributed by atoms with E-state index in [1.54, 1.807) is 19.9 Å². The second kappa shape index (κ2) is 5.96. The van der Waals surface area contributed by atoms with Gasteiger partial charge >= 0.3 is 5.97 Å². The van der Waals surface area contributed by atoms with Gasteiger partial charge < -0.3 is 9.26 Å². The molecule has 0 saturated carbocycles. The lowest BCUT2D eigenvalue weighted by Gasteiger charge is -2.02. The van der Waals surface area contributed by atoms with Gasteiger partial charge in [-0.15, -0.1) is 11.3 Å². The smallest absolute Gasteiger partial charge is 0.348 e. The topological polar surface area (TPSA) is 87.2 Å². The summed E-state index contributed by atoms with van der Waals surface area (Å²) in [5, 5.41) is 4.24. The van der Waals surface area contributed by atoms with Gasteiger partial charge in [0, 0.05) is 6.07 Å². The molecule has 0 aliphatic carbocycles. The normalized spacial score (nSPS) is 11.1. The number of carbonyl (C=O) groups excluding carboxylic acids is 1. The second-order valence-electron chi connectivity index (χ2n) is 5.07. The SMILES string of the molecule is CCOC(=O)c1sc2ncn(Cc3cc(C)no3)c(=O)c2c1C. The largest absolute Gasteiger partial charge is 0.462 e. The first-order valence-corrected chi connectivity index (χ1v) is 7.90. The second-order valence-corrected chi connectivity index (χ2v) is 6.07. The molecule has 0 N–H and O–H groups in total. The van der Waals surface area contributed by atoms with Crippen LogP contribution in [0.4, 0.5) is 0 Å². The van der Waals surface area contributed by atoms with E-state index in [9.17, 15) is 9.59 Å². The molecule has 0 saturated heterocycles. The van der Waals surface area contributed by atoms with Crippen molar-refractivity contribution in [2.45, 2.75) is 27.3 Å². The van der Waals surface area contributed by atoms with E-state index in [1.165, 1.54) is 22.2 Å². The van der Waals surface area contributed by atoms with Crippen LogP contribution in [0.1, 0.15) is 33.6 Å². The minimum atomic E-state index is -0.426. The predicted octanol–water partition coefficient (Wildman–Crippen LogP) is 2.29. The molecule has 0 fully saturated rings. The zero-order chi connectivity index (χ0) is 16.6. The zero-order valence-corrected chi connectivity index (χ0v) is 13.8. The Morgan fingerprint density at radius 3 is 2.87 bits per heavy atom. The summed E-state index contributed by atoms with van der Waals surface area (Å²) in [5.41, 5.74) is 1.13. The summed E-state index contributed by atoms with van der Waals surface area (Å²) < 4.78 is 11.6. The molecule has 0 aliphatic rings. The third-order valence-electron chi connectivity index (χ3n) is 3.38. The van der Waals surface area contributed by atoms with Crippen LogP contribution in [0.25, 0.3) is 10.2 Å². The highest BCUT2D eigenvalue weighted by atomic mass is 32.1. The number of thiophene rings is 1. The maximum atomic E-state index is 12.7. The number of carbonyl (C=O) groups is 1. The molecule has 0 unspecified atom stereocenters. The Morgan fingerprint density at radius 2 is 2.22 bits per heavy atom. The van der Waals surface area contributed by atoms with Crippen LogP contribution >= 0.6 is 11.3 Å². The molecule has 7 nitrogen and oxygen atoms in total. The average Bonchev–Trinajstić information content (AvgIpc) is 3.06. The van der Waals surface area contributed by atoms with Gasteiger partial charge in [0.05, 0.1) is 30.6 Å². The van der Waals surface area contributed by atoms with Crippen molar-refractivity contribution in [1.82, 2.24) is 14.7 Å². The number of nitrogens with zero attached hydrogens (tertiary/aromatic N) is 3. The Labute approximate surface area is 135 Å².